The zero-order valence-electron chi connectivity index (χ0n) is 13.1. The van der Waals surface area contributed by atoms with Crippen LogP contribution in [0.1, 0.15) is 18.6 Å². The predicted molar refractivity (Wildman–Crippen MR) is 86.3 cm³/mol. The quantitative estimate of drug-likeness (QED) is 0.802. The van der Waals surface area contributed by atoms with Gasteiger partial charge in [0.05, 0.1) is 18.5 Å². The van der Waals surface area contributed by atoms with Gasteiger partial charge in [-0.25, -0.2) is 13.6 Å². The largest absolute Gasteiger partial charge is 0.373 e. The summed E-state index contributed by atoms with van der Waals surface area (Å²) in [5.41, 5.74) is 2.08. The van der Waals surface area contributed by atoms with Crippen LogP contribution in [0.4, 0.5) is 5.69 Å². The molecule has 2 rings (SSSR count). The minimum atomic E-state index is -3.50. The van der Waals surface area contributed by atoms with Gasteiger partial charge in [0.1, 0.15) is 0 Å². The third-order valence-electron chi connectivity index (χ3n) is 3.85. The molecule has 0 amide bonds. The molecule has 0 radical (unpaired) electrons. The van der Waals surface area contributed by atoms with E-state index in [0.29, 0.717) is 0 Å². The minimum absolute atomic E-state index is 0.0804. The predicted octanol–water partition coefficient (Wildman–Crippen LogP) is 0.200. The maximum atomic E-state index is 11.0. The number of primary sulfonamides is 1. The Morgan fingerprint density at radius 2 is 2.05 bits per heavy atom. The van der Waals surface area contributed by atoms with Crippen molar-refractivity contribution in [1.82, 2.24) is 9.88 Å². The van der Waals surface area contributed by atoms with Crippen molar-refractivity contribution in [3.8, 4) is 0 Å². The van der Waals surface area contributed by atoms with Crippen LogP contribution in [0.25, 0.3) is 0 Å². The molecular formula is C14H24N4O3S. The summed E-state index contributed by atoms with van der Waals surface area (Å²) in [6.07, 6.45) is 3.33. The molecule has 1 unspecified atom stereocenters. The lowest BCUT2D eigenvalue weighted by molar-refractivity contribution is 0.0776. The maximum Gasteiger partial charge on any atom is 0.211 e. The number of likely N-dealkylation sites (N-methyl/N-ethyl adjacent to an activating group) is 1. The van der Waals surface area contributed by atoms with Crippen LogP contribution in [0.2, 0.25) is 0 Å². The van der Waals surface area contributed by atoms with Crippen molar-refractivity contribution in [2.45, 2.75) is 13.0 Å². The third-order valence-corrected chi connectivity index (χ3v) is 4.58. The highest BCUT2D eigenvalue weighted by Crippen LogP contribution is 2.28. The first-order valence-electron chi connectivity index (χ1n) is 7.36. The first-order valence-corrected chi connectivity index (χ1v) is 9.08. The highest BCUT2D eigenvalue weighted by molar-refractivity contribution is 7.89. The van der Waals surface area contributed by atoms with Crippen molar-refractivity contribution >= 4 is 15.7 Å². The second kappa shape index (κ2) is 7.36. The molecule has 22 heavy (non-hydrogen) atoms. The number of aromatic nitrogens is 1. The van der Waals surface area contributed by atoms with E-state index in [1.165, 1.54) is 0 Å². The molecule has 1 fully saturated rings. The van der Waals surface area contributed by atoms with E-state index in [2.05, 4.69) is 21.8 Å². The van der Waals surface area contributed by atoms with Gasteiger partial charge in [-0.05, 0) is 20.0 Å². The van der Waals surface area contributed by atoms with Gasteiger partial charge in [0, 0.05) is 49.8 Å². The van der Waals surface area contributed by atoms with Crippen LogP contribution in [0.5, 0.6) is 0 Å². The van der Waals surface area contributed by atoms with E-state index < -0.39 is 10.0 Å². The van der Waals surface area contributed by atoms with Crippen molar-refractivity contribution in [1.29, 1.82) is 0 Å². The van der Waals surface area contributed by atoms with Crippen LogP contribution in [-0.4, -0.2) is 63.9 Å². The van der Waals surface area contributed by atoms with E-state index in [0.717, 1.165) is 37.4 Å². The molecule has 0 aromatic carbocycles. The van der Waals surface area contributed by atoms with Crippen molar-refractivity contribution in [3.63, 3.8) is 0 Å². The Morgan fingerprint density at radius 3 is 2.68 bits per heavy atom. The number of rotatable bonds is 6. The van der Waals surface area contributed by atoms with Crippen molar-refractivity contribution in [2.75, 3.05) is 50.5 Å². The fourth-order valence-electron chi connectivity index (χ4n) is 2.48. The van der Waals surface area contributed by atoms with E-state index in [1.54, 1.807) is 12.4 Å². The van der Waals surface area contributed by atoms with E-state index in [4.69, 9.17) is 9.88 Å². The Bertz CT molecular complexity index is 586. The van der Waals surface area contributed by atoms with Crippen LogP contribution in [0.15, 0.2) is 18.5 Å². The number of ether oxygens (including phenoxy) is 1. The molecule has 124 valence electrons. The van der Waals surface area contributed by atoms with Gasteiger partial charge >= 0.3 is 0 Å². The molecule has 2 heterocycles. The lowest BCUT2D eigenvalue weighted by Crippen LogP contribution is -2.44. The Labute approximate surface area is 132 Å². The van der Waals surface area contributed by atoms with Crippen molar-refractivity contribution in [2.24, 2.45) is 5.14 Å². The molecule has 0 saturated carbocycles. The fraction of sp³-hybridized carbons (Fsp3) is 0.643. The lowest BCUT2D eigenvalue weighted by Gasteiger charge is -2.35. The van der Waals surface area contributed by atoms with E-state index in [-0.39, 0.29) is 18.5 Å². The summed E-state index contributed by atoms with van der Waals surface area (Å²) in [6, 6.07) is 1.99. The second-order valence-electron chi connectivity index (χ2n) is 5.60. The minimum Gasteiger partial charge on any atom is -0.373 e. The van der Waals surface area contributed by atoms with Gasteiger partial charge in [0.15, 0.2) is 0 Å². The molecule has 0 bridgehead atoms. The molecule has 1 aromatic heterocycles. The average Bonchev–Trinajstić information content (AvgIpc) is 2.46. The van der Waals surface area contributed by atoms with E-state index in [9.17, 15) is 8.42 Å². The SMILES string of the molecule is CC(OCCS(N)(=O)=O)c1cnccc1N1CCN(C)CC1. The van der Waals surface area contributed by atoms with Gasteiger partial charge < -0.3 is 14.5 Å². The molecule has 0 spiro atoms. The van der Waals surface area contributed by atoms with E-state index in [1.807, 2.05) is 13.0 Å². The molecule has 1 aromatic rings. The molecule has 1 saturated heterocycles. The van der Waals surface area contributed by atoms with Gasteiger partial charge in [0.2, 0.25) is 10.0 Å². The van der Waals surface area contributed by atoms with Gasteiger partial charge in [-0.3, -0.25) is 4.98 Å². The number of nitrogens with zero attached hydrogens (tertiary/aromatic N) is 3. The summed E-state index contributed by atoms with van der Waals surface area (Å²) in [6.45, 7) is 5.93. The first-order chi connectivity index (χ1) is 10.4. The zero-order chi connectivity index (χ0) is 16.2. The number of pyridine rings is 1. The average molecular weight is 328 g/mol. The number of anilines is 1. The van der Waals surface area contributed by atoms with Crippen LogP contribution < -0.4 is 10.0 Å². The highest BCUT2D eigenvalue weighted by Gasteiger charge is 2.20. The number of hydrogen-bond donors (Lipinski definition) is 1. The van der Waals surface area contributed by atoms with Gasteiger partial charge in [-0.1, -0.05) is 0 Å². The lowest BCUT2D eigenvalue weighted by atomic mass is 10.1. The monoisotopic (exact) mass is 328 g/mol. The summed E-state index contributed by atoms with van der Waals surface area (Å²) in [7, 11) is -1.38. The number of nitrogens with two attached hydrogens (primary N) is 1. The molecule has 7 nitrogen and oxygen atoms in total. The Hall–Kier alpha value is -1.22. The molecule has 1 atom stereocenters. The van der Waals surface area contributed by atoms with Gasteiger partial charge in [-0.15, -0.1) is 0 Å². The molecule has 2 N–H and O–H groups in total. The summed E-state index contributed by atoms with van der Waals surface area (Å²) < 4.78 is 27.6. The molecule has 8 heteroatoms. The Kier molecular flexibility index (Phi) is 5.74. The van der Waals surface area contributed by atoms with Crippen LogP contribution in [0, 0.1) is 0 Å². The van der Waals surface area contributed by atoms with Gasteiger partial charge in [0.25, 0.3) is 0 Å². The summed E-state index contributed by atoms with van der Waals surface area (Å²) in [4.78, 5) is 8.78. The molecule has 1 aliphatic heterocycles. The Morgan fingerprint density at radius 1 is 1.36 bits per heavy atom. The molecule has 1 aliphatic rings. The smallest absolute Gasteiger partial charge is 0.211 e. The van der Waals surface area contributed by atoms with Crippen LogP contribution >= 0.6 is 0 Å². The fourth-order valence-corrected chi connectivity index (χ4v) is 2.81. The number of sulfonamides is 1. The Balaban J connectivity index is 2.04. The molecule has 0 aliphatic carbocycles. The van der Waals surface area contributed by atoms with Crippen LogP contribution in [-0.2, 0) is 14.8 Å². The second-order valence-corrected chi connectivity index (χ2v) is 7.34. The summed E-state index contributed by atoms with van der Waals surface area (Å²) in [5.74, 6) is -0.179. The highest BCUT2D eigenvalue weighted by atomic mass is 32.2. The maximum absolute atomic E-state index is 11.0. The summed E-state index contributed by atoms with van der Waals surface area (Å²) in [5, 5.41) is 4.99. The van der Waals surface area contributed by atoms with Gasteiger partial charge in [-0.2, -0.15) is 0 Å². The number of piperazine rings is 1. The normalized spacial score (nSPS) is 18.4. The van der Waals surface area contributed by atoms with Crippen molar-refractivity contribution in [3.05, 3.63) is 24.0 Å². The number of hydrogen-bond acceptors (Lipinski definition) is 6. The topological polar surface area (TPSA) is 88.8 Å². The first kappa shape index (κ1) is 17.1. The van der Waals surface area contributed by atoms with E-state index >= 15 is 0 Å². The zero-order valence-corrected chi connectivity index (χ0v) is 13.9. The summed E-state index contributed by atoms with van der Waals surface area (Å²) >= 11 is 0. The van der Waals surface area contributed by atoms with Crippen LogP contribution in [0.3, 0.4) is 0 Å². The third kappa shape index (κ3) is 4.91. The van der Waals surface area contributed by atoms with Crippen molar-refractivity contribution < 1.29 is 13.2 Å². The standard InChI is InChI=1S/C14H24N4O3S/c1-12(21-9-10-22(15,19)20)13-11-16-4-3-14(13)18-7-5-17(2)6-8-18/h3-4,11-12H,5-10H2,1-2H3,(H2,15,19,20). The molecular weight excluding hydrogens is 304 g/mol.